The van der Waals surface area contributed by atoms with Gasteiger partial charge >= 0.3 is 0 Å². The van der Waals surface area contributed by atoms with Crippen LogP contribution in [0.25, 0.3) is 0 Å². The highest BCUT2D eigenvalue weighted by atomic mass is 35.5. The first-order chi connectivity index (χ1) is 9.61. The molecule has 0 bridgehead atoms. The monoisotopic (exact) mass is 314 g/mol. The zero-order valence-corrected chi connectivity index (χ0v) is 12.8. The van der Waals surface area contributed by atoms with Crippen LogP contribution in [-0.2, 0) is 17.8 Å². The van der Waals surface area contributed by atoms with Crippen molar-refractivity contribution in [1.29, 1.82) is 0 Å². The van der Waals surface area contributed by atoms with Crippen LogP contribution in [0, 0.1) is 6.92 Å². The topological polar surface area (TPSA) is 69.0 Å². The van der Waals surface area contributed by atoms with Crippen molar-refractivity contribution in [2.24, 2.45) is 0 Å². The summed E-state index contributed by atoms with van der Waals surface area (Å²) in [6.45, 7) is 3.30. The number of anilines is 1. The van der Waals surface area contributed by atoms with E-state index >= 15 is 0 Å². The Kier molecular flexibility index (Phi) is 5.11. The van der Waals surface area contributed by atoms with Crippen LogP contribution in [0.3, 0.4) is 0 Å². The van der Waals surface area contributed by atoms with Crippen LogP contribution in [0.15, 0.2) is 17.2 Å². The molecule has 108 valence electrons. The largest absolute Gasteiger partial charge is 0.383 e. The molecule has 0 saturated carbocycles. The standard InChI is InChI=1S/C12H15ClN4O2S/c1-8-5-15-10(20-8)7-14-9-6-16-17(3-4-19-2)12(18)11(9)13/h5-6,14H,3-4,7H2,1-2H3. The lowest BCUT2D eigenvalue weighted by Crippen LogP contribution is -2.26. The predicted molar refractivity (Wildman–Crippen MR) is 79.6 cm³/mol. The summed E-state index contributed by atoms with van der Waals surface area (Å²) in [6.07, 6.45) is 3.35. The third-order valence-corrected chi connectivity index (χ3v) is 3.87. The molecule has 0 unspecified atom stereocenters. The zero-order chi connectivity index (χ0) is 14.5. The molecule has 0 aliphatic rings. The van der Waals surface area contributed by atoms with E-state index < -0.39 is 0 Å². The van der Waals surface area contributed by atoms with Gasteiger partial charge in [-0.2, -0.15) is 5.10 Å². The fourth-order valence-electron chi connectivity index (χ4n) is 1.58. The number of hydrogen-bond acceptors (Lipinski definition) is 6. The molecule has 2 heterocycles. The maximum Gasteiger partial charge on any atom is 0.287 e. The van der Waals surface area contributed by atoms with Crippen molar-refractivity contribution in [3.63, 3.8) is 0 Å². The Balaban J connectivity index is 2.09. The molecule has 0 aromatic carbocycles. The first-order valence-electron chi connectivity index (χ1n) is 6.01. The number of nitrogens with one attached hydrogen (secondary N) is 1. The average molecular weight is 315 g/mol. The quantitative estimate of drug-likeness (QED) is 0.882. The molecule has 8 heteroatoms. The number of rotatable bonds is 6. The molecule has 2 rings (SSSR count). The van der Waals surface area contributed by atoms with Gasteiger partial charge in [-0.15, -0.1) is 11.3 Å². The number of thiazole rings is 1. The van der Waals surface area contributed by atoms with Gasteiger partial charge < -0.3 is 10.1 Å². The first-order valence-corrected chi connectivity index (χ1v) is 7.21. The Morgan fingerprint density at radius 3 is 2.95 bits per heavy atom. The fourth-order valence-corrected chi connectivity index (χ4v) is 2.52. The van der Waals surface area contributed by atoms with Gasteiger partial charge in [0, 0.05) is 18.2 Å². The maximum absolute atomic E-state index is 12.0. The highest BCUT2D eigenvalue weighted by molar-refractivity contribution is 7.11. The number of halogens is 1. The Labute approximate surface area is 125 Å². The van der Waals surface area contributed by atoms with Crippen molar-refractivity contribution in [3.05, 3.63) is 37.7 Å². The van der Waals surface area contributed by atoms with Crippen LogP contribution in [0.1, 0.15) is 9.88 Å². The summed E-state index contributed by atoms with van der Waals surface area (Å²) in [7, 11) is 1.57. The SMILES string of the molecule is COCCn1ncc(NCc2ncc(C)s2)c(Cl)c1=O. The van der Waals surface area contributed by atoms with Crippen LogP contribution in [0.2, 0.25) is 5.02 Å². The van der Waals surface area contributed by atoms with Gasteiger partial charge in [-0.1, -0.05) is 11.6 Å². The van der Waals surface area contributed by atoms with Gasteiger partial charge in [0.1, 0.15) is 10.0 Å². The van der Waals surface area contributed by atoms with E-state index in [0.29, 0.717) is 25.4 Å². The zero-order valence-electron chi connectivity index (χ0n) is 11.2. The van der Waals surface area contributed by atoms with Gasteiger partial charge in [-0.25, -0.2) is 9.67 Å². The third kappa shape index (κ3) is 3.56. The number of nitrogens with zero attached hydrogens (tertiary/aromatic N) is 3. The summed E-state index contributed by atoms with van der Waals surface area (Å²) in [5.41, 5.74) is 0.183. The lowest BCUT2D eigenvalue weighted by Gasteiger charge is -2.09. The van der Waals surface area contributed by atoms with E-state index in [1.807, 2.05) is 13.1 Å². The summed E-state index contributed by atoms with van der Waals surface area (Å²) in [5.74, 6) is 0. The number of hydrogen-bond donors (Lipinski definition) is 1. The second kappa shape index (κ2) is 6.83. The molecular weight excluding hydrogens is 300 g/mol. The predicted octanol–water partition coefficient (Wildman–Crippen LogP) is 1.92. The van der Waals surface area contributed by atoms with Crippen LogP contribution in [0.4, 0.5) is 5.69 Å². The van der Waals surface area contributed by atoms with E-state index in [0.717, 1.165) is 9.88 Å². The number of aryl methyl sites for hydroxylation is 1. The molecule has 0 aliphatic heterocycles. The second-order valence-corrected chi connectivity index (χ2v) is 5.81. The van der Waals surface area contributed by atoms with Crippen molar-refractivity contribution in [1.82, 2.24) is 14.8 Å². The van der Waals surface area contributed by atoms with E-state index in [1.54, 1.807) is 24.6 Å². The van der Waals surface area contributed by atoms with Crippen molar-refractivity contribution in [3.8, 4) is 0 Å². The summed E-state index contributed by atoms with van der Waals surface area (Å²) in [6, 6.07) is 0. The Morgan fingerprint density at radius 1 is 1.50 bits per heavy atom. The van der Waals surface area contributed by atoms with E-state index in [9.17, 15) is 4.79 Å². The molecule has 2 aromatic heterocycles. The first kappa shape index (κ1) is 15.0. The van der Waals surface area contributed by atoms with Crippen LogP contribution in [-0.4, -0.2) is 28.5 Å². The van der Waals surface area contributed by atoms with Crippen LogP contribution in [0.5, 0.6) is 0 Å². The summed E-state index contributed by atoms with van der Waals surface area (Å²) < 4.78 is 6.20. The van der Waals surface area contributed by atoms with Crippen molar-refractivity contribution >= 4 is 28.6 Å². The Morgan fingerprint density at radius 2 is 2.30 bits per heavy atom. The molecule has 0 saturated heterocycles. The van der Waals surface area contributed by atoms with Gasteiger partial charge in [0.25, 0.3) is 5.56 Å². The van der Waals surface area contributed by atoms with Crippen molar-refractivity contribution in [2.45, 2.75) is 20.0 Å². The van der Waals surface area contributed by atoms with Gasteiger partial charge in [0.2, 0.25) is 0 Å². The maximum atomic E-state index is 12.0. The third-order valence-electron chi connectivity index (χ3n) is 2.59. The number of aromatic nitrogens is 3. The van der Waals surface area contributed by atoms with Crippen molar-refractivity contribution < 1.29 is 4.74 Å². The summed E-state index contributed by atoms with van der Waals surface area (Å²) >= 11 is 7.65. The molecule has 0 fully saturated rings. The fraction of sp³-hybridized carbons (Fsp3) is 0.417. The summed E-state index contributed by atoms with van der Waals surface area (Å²) in [4.78, 5) is 17.3. The average Bonchev–Trinajstić information content (AvgIpc) is 2.85. The Bertz CT molecular complexity index is 641. The molecule has 0 radical (unpaired) electrons. The van der Waals surface area contributed by atoms with E-state index in [2.05, 4.69) is 15.4 Å². The molecule has 0 atom stereocenters. The van der Waals surface area contributed by atoms with Crippen LogP contribution >= 0.6 is 22.9 Å². The van der Waals surface area contributed by atoms with E-state index in [1.165, 1.54) is 4.68 Å². The number of methoxy groups -OCH3 is 1. The minimum Gasteiger partial charge on any atom is -0.383 e. The molecule has 0 spiro atoms. The van der Waals surface area contributed by atoms with E-state index in [-0.39, 0.29) is 10.6 Å². The lowest BCUT2D eigenvalue weighted by molar-refractivity contribution is 0.182. The molecule has 0 amide bonds. The smallest absolute Gasteiger partial charge is 0.287 e. The van der Waals surface area contributed by atoms with Crippen molar-refractivity contribution in [2.75, 3.05) is 19.0 Å². The minimum atomic E-state index is -0.330. The number of ether oxygens (including phenoxy) is 1. The molecule has 1 N–H and O–H groups in total. The highest BCUT2D eigenvalue weighted by Crippen LogP contribution is 2.18. The molecule has 6 nitrogen and oxygen atoms in total. The molecule has 0 aliphatic carbocycles. The normalized spacial score (nSPS) is 10.8. The lowest BCUT2D eigenvalue weighted by atomic mass is 10.4. The highest BCUT2D eigenvalue weighted by Gasteiger charge is 2.09. The van der Waals surface area contributed by atoms with Gasteiger partial charge in [0.15, 0.2) is 0 Å². The van der Waals surface area contributed by atoms with Crippen LogP contribution < -0.4 is 10.9 Å². The minimum absolute atomic E-state index is 0.129. The molecular formula is C12H15ClN4O2S. The summed E-state index contributed by atoms with van der Waals surface area (Å²) in [5, 5.41) is 8.19. The van der Waals surface area contributed by atoms with Gasteiger partial charge in [-0.3, -0.25) is 4.79 Å². The second-order valence-electron chi connectivity index (χ2n) is 4.11. The van der Waals surface area contributed by atoms with Gasteiger partial charge in [-0.05, 0) is 6.92 Å². The van der Waals surface area contributed by atoms with Gasteiger partial charge in [0.05, 0.1) is 31.6 Å². The molecule has 20 heavy (non-hydrogen) atoms. The Hall–Kier alpha value is -1.44. The van der Waals surface area contributed by atoms with E-state index in [4.69, 9.17) is 16.3 Å². The molecule has 2 aromatic rings.